The van der Waals surface area contributed by atoms with Crippen molar-refractivity contribution in [3.05, 3.63) is 45.8 Å². The van der Waals surface area contributed by atoms with Crippen LogP contribution in [-0.2, 0) is 11.3 Å². The highest BCUT2D eigenvalue weighted by molar-refractivity contribution is 7.13. The lowest BCUT2D eigenvalue weighted by Gasteiger charge is -2.34. The average molecular weight is 432 g/mol. The lowest BCUT2D eigenvalue weighted by molar-refractivity contribution is -0.133. The molecule has 1 aliphatic rings. The van der Waals surface area contributed by atoms with Crippen LogP contribution in [0.5, 0.6) is 0 Å². The standard InChI is InChI=1S/C19H21N5O3S2/c1-22(19(26)15-5-3-11-29-15)13-17(25)24-8-6-23(7-9-24)12-16-20-18(21-27-16)14-4-2-10-28-14/h2-5,10-11H,6-9,12-13H2,1H3. The fourth-order valence-electron chi connectivity index (χ4n) is 3.13. The van der Waals surface area contributed by atoms with Crippen LogP contribution in [0.3, 0.4) is 0 Å². The van der Waals surface area contributed by atoms with Gasteiger partial charge in [-0.2, -0.15) is 4.98 Å². The Labute approximate surface area is 176 Å². The number of amides is 2. The molecular weight excluding hydrogens is 410 g/mol. The highest BCUT2D eigenvalue weighted by Crippen LogP contribution is 2.21. The first-order valence-electron chi connectivity index (χ1n) is 9.26. The van der Waals surface area contributed by atoms with Gasteiger partial charge in [0.25, 0.3) is 5.91 Å². The van der Waals surface area contributed by atoms with Gasteiger partial charge in [0.2, 0.25) is 17.6 Å². The maximum Gasteiger partial charge on any atom is 0.264 e. The number of thiophene rings is 2. The number of hydrogen-bond donors (Lipinski definition) is 0. The van der Waals surface area contributed by atoms with Crippen molar-refractivity contribution in [2.75, 3.05) is 39.8 Å². The number of piperazine rings is 1. The molecule has 0 atom stereocenters. The molecule has 4 heterocycles. The SMILES string of the molecule is CN(CC(=O)N1CCN(Cc2nc(-c3cccs3)no2)CC1)C(=O)c1cccs1. The van der Waals surface area contributed by atoms with Crippen LogP contribution in [0.2, 0.25) is 0 Å². The van der Waals surface area contributed by atoms with Gasteiger partial charge in [-0.3, -0.25) is 14.5 Å². The molecule has 0 saturated carbocycles. The molecule has 10 heteroatoms. The number of rotatable bonds is 6. The minimum atomic E-state index is -0.120. The van der Waals surface area contributed by atoms with Crippen molar-refractivity contribution in [1.82, 2.24) is 24.8 Å². The van der Waals surface area contributed by atoms with Crippen LogP contribution in [0.4, 0.5) is 0 Å². The van der Waals surface area contributed by atoms with Crippen LogP contribution in [-0.4, -0.2) is 76.4 Å². The Morgan fingerprint density at radius 1 is 1.14 bits per heavy atom. The first-order chi connectivity index (χ1) is 14.1. The molecule has 0 aliphatic carbocycles. The van der Waals surface area contributed by atoms with Crippen molar-refractivity contribution < 1.29 is 14.1 Å². The fraction of sp³-hybridized carbons (Fsp3) is 0.368. The number of hydrogen-bond acceptors (Lipinski definition) is 8. The van der Waals surface area contributed by atoms with Crippen molar-refractivity contribution in [3.8, 4) is 10.7 Å². The number of carbonyl (C=O) groups is 2. The van der Waals surface area contributed by atoms with E-state index in [-0.39, 0.29) is 18.4 Å². The number of nitrogens with zero attached hydrogens (tertiary/aromatic N) is 5. The Morgan fingerprint density at radius 2 is 1.90 bits per heavy atom. The lowest BCUT2D eigenvalue weighted by atomic mass is 10.3. The summed E-state index contributed by atoms with van der Waals surface area (Å²) in [6.07, 6.45) is 0. The highest BCUT2D eigenvalue weighted by atomic mass is 32.1. The summed E-state index contributed by atoms with van der Waals surface area (Å²) in [6, 6.07) is 7.52. The van der Waals surface area contributed by atoms with E-state index in [1.165, 1.54) is 16.2 Å². The highest BCUT2D eigenvalue weighted by Gasteiger charge is 2.25. The van der Waals surface area contributed by atoms with E-state index >= 15 is 0 Å². The predicted octanol–water partition coefficient (Wildman–Crippen LogP) is 2.28. The van der Waals surface area contributed by atoms with E-state index in [2.05, 4.69) is 15.0 Å². The summed E-state index contributed by atoms with van der Waals surface area (Å²) < 4.78 is 5.36. The van der Waals surface area contributed by atoms with Gasteiger partial charge in [-0.1, -0.05) is 17.3 Å². The van der Waals surface area contributed by atoms with Crippen LogP contribution in [0, 0.1) is 0 Å². The van der Waals surface area contributed by atoms with E-state index in [0.717, 1.165) is 18.0 Å². The largest absolute Gasteiger partial charge is 0.339 e. The maximum atomic E-state index is 12.6. The monoisotopic (exact) mass is 431 g/mol. The molecular formula is C19H21N5O3S2. The zero-order valence-corrected chi connectivity index (χ0v) is 17.6. The molecule has 8 nitrogen and oxygen atoms in total. The summed E-state index contributed by atoms with van der Waals surface area (Å²) in [4.78, 5) is 36.4. The Hall–Kier alpha value is -2.56. The maximum absolute atomic E-state index is 12.6. The van der Waals surface area contributed by atoms with Crippen LogP contribution in [0.25, 0.3) is 10.7 Å². The van der Waals surface area contributed by atoms with Gasteiger partial charge in [0.15, 0.2) is 0 Å². The van der Waals surface area contributed by atoms with Gasteiger partial charge < -0.3 is 14.3 Å². The molecule has 29 heavy (non-hydrogen) atoms. The lowest BCUT2D eigenvalue weighted by Crippen LogP contribution is -2.51. The molecule has 0 radical (unpaired) electrons. The minimum absolute atomic E-state index is 0.0326. The third kappa shape index (κ3) is 4.72. The Bertz CT molecular complexity index is 947. The van der Waals surface area contributed by atoms with E-state index in [1.54, 1.807) is 29.4 Å². The second-order valence-corrected chi connectivity index (χ2v) is 8.68. The zero-order valence-electron chi connectivity index (χ0n) is 16.0. The van der Waals surface area contributed by atoms with Crippen LogP contribution in [0.1, 0.15) is 15.6 Å². The van der Waals surface area contributed by atoms with E-state index in [1.807, 2.05) is 29.0 Å². The van der Waals surface area contributed by atoms with Gasteiger partial charge in [-0.05, 0) is 22.9 Å². The van der Waals surface area contributed by atoms with E-state index < -0.39 is 0 Å². The molecule has 3 aromatic rings. The second-order valence-electron chi connectivity index (χ2n) is 6.78. The van der Waals surface area contributed by atoms with Gasteiger partial charge in [0, 0.05) is 33.2 Å². The molecule has 1 fully saturated rings. The minimum Gasteiger partial charge on any atom is -0.339 e. The molecule has 1 aliphatic heterocycles. The van der Waals surface area contributed by atoms with Gasteiger partial charge in [0.1, 0.15) is 0 Å². The third-order valence-corrected chi connectivity index (χ3v) is 6.47. The van der Waals surface area contributed by atoms with Crippen LogP contribution in [0.15, 0.2) is 39.5 Å². The molecule has 0 aromatic carbocycles. The summed E-state index contributed by atoms with van der Waals surface area (Å²) in [5, 5.41) is 7.87. The Kier molecular flexibility index (Phi) is 6.02. The fourth-order valence-corrected chi connectivity index (χ4v) is 4.50. The third-order valence-electron chi connectivity index (χ3n) is 4.74. The Morgan fingerprint density at radius 3 is 2.59 bits per heavy atom. The van der Waals surface area contributed by atoms with Crippen molar-refractivity contribution in [1.29, 1.82) is 0 Å². The summed E-state index contributed by atoms with van der Waals surface area (Å²) in [7, 11) is 1.66. The van der Waals surface area contributed by atoms with Crippen molar-refractivity contribution in [2.45, 2.75) is 6.54 Å². The number of aromatic nitrogens is 2. The first-order valence-corrected chi connectivity index (χ1v) is 11.0. The quantitative estimate of drug-likeness (QED) is 0.596. The molecule has 0 N–H and O–H groups in total. The predicted molar refractivity (Wildman–Crippen MR) is 111 cm³/mol. The topological polar surface area (TPSA) is 82.8 Å². The van der Waals surface area contributed by atoms with Crippen molar-refractivity contribution in [3.63, 3.8) is 0 Å². The average Bonchev–Trinajstić information content (AvgIpc) is 3.49. The molecule has 2 amide bonds. The number of carbonyl (C=O) groups excluding carboxylic acids is 2. The Balaban J connectivity index is 1.25. The zero-order chi connectivity index (χ0) is 20.2. The van der Waals surface area contributed by atoms with Gasteiger partial charge in [-0.25, -0.2) is 0 Å². The number of likely N-dealkylation sites (N-methyl/N-ethyl adjacent to an activating group) is 1. The van der Waals surface area contributed by atoms with Gasteiger partial charge in [-0.15, -0.1) is 22.7 Å². The smallest absolute Gasteiger partial charge is 0.264 e. The van der Waals surface area contributed by atoms with Crippen molar-refractivity contribution >= 4 is 34.5 Å². The first kappa shape index (κ1) is 19.7. The second kappa shape index (κ2) is 8.85. The normalized spacial score (nSPS) is 14.9. The summed E-state index contributed by atoms with van der Waals surface area (Å²) in [5.41, 5.74) is 0. The summed E-state index contributed by atoms with van der Waals surface area (Å²) in [5.74, 6) is 1.04. The van der Waals surface area contributed by atoms with Crippen LogP contribution >= 0.6 is 22.7 Å². The van der Waals surface area contributed by atoms with E-state index in [0.29, 0.717) is 36.2 Å². The molecule has 0 spiro atoms. The van der Waals surface area contributed by atoms with Gasteiger partial charge in [0.05, 0.1) is 22.8 Å². The van der Waals surface area contributed by atoms with Crippen molar-refractivity contribution in [2.24, 2.45) is 0 Å². The van der Waals surface area contributed by atoms with E-state index in [9.17, 15) is 9.59 Å². The van der Waals surface area contributed by atoms with Gasteiger partial charge >= 0.3 is 0 Å². The molecule has 1 saturated heterocycles. The molecule has 152 valence electrons. The van der Waals surface area contributed by atoms with E-state index in [4.69, 9.17) is 4.52 Å². The van der Waals surface area contributed by atoms with Crippen LogP contribution < -0.4 is 0 Å². The molecule has 0 unspecified atom stereocenters. The summed E-state index contributed by atoms with van der Waals surface area (Å²) in [6.45, 7) is 3.34. The molecule has 3 aromatic heterocycles. The molecule has 4 rings (SSSR count). The summed E-state index contributed by atoms with van der Waals surface area (Å²) >= 11 is 2.96. The molecule has 0 bridgehead atoms.